The number of rotatable bonds is 5. The highest BCUT2D eigenvalue weighted by molar-refractivity contribution is 5.95. The van der Waals surface area contributed by atoms with Crippen LogP contribution in [0.15, 0.2) is 0 Å². The molecule has 0 aliphatic carbocycles. The van der Waals surface area contributed by atoms with Gasteiger partial charge in [-0.2, -0.15) is 5.10 Å². The molecule has 7 heteroatoms. The summed E-state index contributed by atoms with van der Waals surface area (Å²) in [7, 11) is 1.64. The van der Waals surface area contributed by atoms with Gasteiger partial charge in [0.05, 0.1) is 12.2 Å². The fourth-order valence-electron chi connectivity index (χ4n) is 1.78. The minimum absolute atomic E-state index is 0.0320. The zero-order valence-corrected chi connectivity index (χ0v) is 10.1. The normalized spacial score (nSPS) is 10.3. The van der Waals surface area contributed by atoms with Gasteiger partial charge >= 0.3 is 5.97 Å². The number of carboxylic acids is 1. The molecule has 94 valence electrons. The van der Waals surface area contributed by atoms with Gasteiger partial charge in [0, 0.05) is 13.6 Å². The van der Waals surface area contributed by atoms with Gasteiger partial charge in [-0.05, 0) is 13.8 Å². The highest BCUT2D eigenvalue weighted by Crippen LogP contribution is 2.22. The molecule has 0 aliphatic rings. The molecule has 0 aliphatic heterocycles. The molecule has 1 heterocycles. The number of likely N-dealkylation sites (N-methyl/N-ethyl adjacent to an activating group) is 1. The first-order chi connectivity index (χ1) is 7.88. The Morgan fingerprint density at radius 1 is 1.53 bits per heavy atom. The van der Waals surface area contributed by atoms with Crippen molar-refractivity contribution in [3.05, 3.63) is 11.3 Å². The smallest absolute Gasteiger partial charge is 0.341 e. The van der Waals surface area contributed by atoms with Gasteiger partial charge in [0.25, 0.3) is 0 Å². The van der Waals surface area contributed by atoms with Crippen LogP contribution in [-0.4, -0.2) is 39.9 Å². The van der Waals surface area contributed by atoms with Gasteiger partial charge < -0.3 is 15.7 Å². The molecule has 0 aromatic carbocycles. The zero-order chi connectivity index (χ0) is 13.2. The van der Waals surface area contributed by atoms with E-state index in [0.717, 1.165) is 0 Å². The van der Waals surface area contributed by atoms with Crippen LogP contribution in [0.5, 0.6) is 0 Å². The number of nitrogens with two attached hydrogens (primary N) is 1. The summed E-state index contributed by atoms with van der Waals surface area (Å²) in [6.45, 7) is 3.87. The first kappa shape index (κ1) is 13.0. The quantitative estimate of drug-likeness (QED) is 0.738. The number of carboxylic acid groups (broad SMARTS) is 1. The summed E-state index contributed by atoms with van der Waals surface area (Å²) in [5.41, 5.74) is 5.65. The lowest BCUT2D eigenvalue weighted by Gasteiger charge is -2.21. The van der Waals surface area contributed by atoms with Crippen LogP contribution in [0.4, 0.5) is 5.82 Å². The first-order valence-electron chi connectivity index (χ1n) is 5.18. The maximum Gasteiger partial charge on any atom is 0.341 e. The van der Waals surface area contributed by atoms with Crippen molar-refractivity contribution >= 4 is 17.7 Å². The van der Waals surface area contributed by atoms with Crippen molar-refractivity contribution in [1.29, 1.82) is 0 Å². The Balaban J connectivity index is 3.27. The van der Waals surface area contributed by atoms with Gasteiger partial charge in [0.2, 0.25) is 5.91 Å². The molecule has 0 radical (unpaired) electrons. The Hall–Kier alpha value is -2.05. The number of hydrogen-bond donors (Lipinski definition) is 2. The van der Waals surface area contributed by atoms with Crippen LogP contribution in [-0.2, 0) is 11.8 Å². The van der Waals surface area contributed by atoms with Gasteiger partial charge in [-0.15, -0.1) is 0 Å². The first-order valence-corrected chi connectivity index (χ1v) is 5.18. The molecule has 17 heavy (non-hydrogen) atoms. The van der Waals surface area contributed by atoms with E-state index in [1.807, 2.05) is 6.92 Å². The number of carbonyl (C=O) groups excluding carboxylic acids is 1. The van der Waals surface area contributed by atoms with Crippen molar-refractivity contribution in [2.24, 2.45) is 12.8 Å². The lowest BCUT2D eigenvalue weighted by atomic mass is 10.2. The van der Waals surface area contributed by atoms with E-state index in [1.165, 1.54) is 4.68 Å². The molecule has 0 unspecified atom stereocenters. The Labute approximate surface area is 98.8 Å². The average Bonchev–Trinajstić information content (AvgIpc) is 2.49. The second kappa shape index (κ2) is 4.86. The van der Waals surface area contributed by atoms with Gasteiger partial charge in [0.15, 0.2) is 0 Å². The van der Waals surface area contributed by atoms with Crippen LogP contribution in [0.2, 0.25) is 0 Å². The van der Waals surface area contributed by atoms with Crippen molar-refractivity contribution in [2.45, 2.75) is 13.8 Å². The summed E-state index contributed by atoms with van der Waals surface area (Å²) in [4.78, 5) is 23.7. The molecule has 1 amide bonds. The van der Waals surface area contributed by atoms with Gasteiger partial charge in [-0.25, -0.2) is 4.79 Å². The molecule has 1 rings (SSSR count). The van der Waals surface area contributed by atoms with Gasteiger partial charge in [-0.3, -0.25) is 9.48 Å². The largest absolute Gasteiger partial charge is 0.477 e. The molecule has 1 aromatic heterocycles. The van der Waals surface area contributed by atoms with Gasteiger partial charge in [0.1, 0.15) is 11.4 Å². The van der Waals surface area contributed by atoms with Crippen LogP contribution in [0.1, 0.15) is 23.0 Å². The number of primary amides is 1. The van der Waals surface area contributed by atoms with E-state index in [2.05, 4.69) is 5.10 Å². The number of nitrogens with zero attached hydrogens (tertiary/aromatic N) is 3. The fraction of sp³-hybridized carbons (Fsp3) is 0.500. The Bertz CT molecular complexity index is 453. The number of amides is 1. The molecule has 3 N–H and O–H groups in total. The summed E-state index contributed by atoms with van der Waals surface area (Å²) in [6.07, 6.45) is 0. The standard InChI is InChI=1S/C10H16N4O3/c1-4-14(5-7(11)15)9-8(10(16)17)6(2)12-13(9)3/h4-5H2,1-3H3,(H2,11,15)(H,16,17). The molecule has 0 spiro atoms. The van der Waals surface area contributed by atoms with Crippen molar-refractivity contribution < 1.29 is 14.7 Å². The predicted molar refractivity (Wildman–Crippen MR) is 62.0 cm³/mol. The van der Waals surface area contributed by atoms with Crippen LogP contribution in [0.3, 0.4) is 0 Å². The maximum atomic E-state index is 11.2. The lowest BCUT2D eigenvalue weighted by Crippen LogP contribution is -2.35. The summed E-state index contributed by atoms with van der Waals surface area (Å²) in [6, 6.07) is 0. The highest BCUT2D eigenvalue weighted by Gasteiger charge is 2.24. The molecule has 0 bridgehead atoms. The number of hydrogen-bond acceptors (Lipinski definition) is 4. The molecular weight excluding hydrogens is 224 g/mol. The summed E-state index contributed by atoms with van der Waals surface area (Å²) < 4.78 is 1.45. The van der Waals surface area contributed by atoms with Gasteiger partial charge in [-0.1, -0.05) is 0 Å². The third-order valence-electron chi connectivity index (χ3n) is 2.43. The van der Waals surface area contributed by atoms with E-state index in [-0.39, 0.29) is 12.1 Å². The van der Waals surface area contributed by atoms with Crippen LogP contribution >= 0.6 is 0 Å². The van der Waals surface area contributed by atoms with E-state index >= 15 is 0 Å². The van der Waals surface area contributed by atoms with E-state index < -0.39 is 11.9 Å². The second-order valence-electron chi connectivity index (χ2n) is 3.69. The van der Waals surface area contributed by atoms with Crippen LogP contribution < -0.4 is 10.6 Å². The fourth-order valence-corrected chi connectivity index (χ4v) is 1.78. The zero-order valence-electron chi connectivity index (χ0n) is 10.1. The Morgan fingerprint density at radius 3 is 2.53 bits per heavy atom. The highest BCUT2D eigenvalue weighted by atomic mass is 16.4. The summed E-state index contributed by atoms with van der Waals surface area (Å²) >= 11 is 0. The third-order valence-corrected chi connectivity index (χ3v) is 2.43. The number of aromatic nitrogens is 2. The number of aromatic carboxylic acids is 1. The SMILES string of the molecule is CCN(CC(N)=O)c1c(C(=O)O)c(C)nn1C. The molecular formula is C10H16N4O3. The van der Waals surface area contributed by atoms with Crippen molar-refractivity contribution in [1.82, 2.24) is 9.78 Å². The lowest BCUT2D eigenvalue weighted by molar-refractivity contribution is -0.116. The Kier molecular flexibility index (Phi) is 3.72. The third kappa shape index (κ3) is 2.55. The molecule has 0 fully saturated rings. The average molecular weight is 240 g/mol. The topological polar surface area (TPSA) is 101 Å². The second-order valence-corrected chi connectivity index (χ2v) is 3.69. The van der Waals surface area contributed by atoms with Crippen molar-refractivity contribution in [3.8, 4) is 0 Å². The molecule has 1 aromatic rings. The van der Waals surface area contributed by atoms with E-state index in [9.17, 15) is 9.59 Å². The van der Waals surface area contributed by atoms with Crippen molar-refractivity contribution in [3.63, 3.8) is 0 Å². The molecule has 0 saturated heterocycles. The Morgan fingerprint density at radius 2 is 2.12 bits per heavy atom. The van der Waals surface area contributed by atoms with E-state index in [0.29, 0.717) is 18.1 Å². The van der Waals surface area contributed by atoms with Crippen molar-refractivity contribution in [2.75, 3.05) is 18.0 Å². The minimum atomic E-state index is -1.06. The predicted octanol–water partition coefficient (Wildman–Crippen LogP) is -0.262. The molecule has 0 atom stereocenters. The van der Waals surface area contributed by atoms with E-state index in [4.69, 9.17) is 10.8 Å². The summed E-state index contributed by atoms with van der Waals surface area (Å²) in [5.74, 6) is -1.17. The number of carbonyl (C=O) groups is 2. The molecule has 0 saturated carbocycles. The maximum absolute atomic E-state index is 11.2. The number of aryl methyl sites for hydroxylation is 2. The summed E-state index contributed by atoms with van der Waals surface area (Å²) in [5, 5.41) is 13.2. The molecule has 7 nitrogen and oxygen atoms in total. The monoisotopic (exact) mass is 240 g/mol. The number of anilines is 1. The van der Waals surface area contributed by atoms with Crippen LogP contribution in [0.25, 0.3) is 0 Å². The van der Waals surface area contributed by atoms with E-state index in [1.54, 1.807) is 18.9 Å². The van der Waals surface area contributed by atoms with Crippen LogP contribution in [0, 0.1) is 6.92 Å². The minimum Gasteiger partial charge on any atom is -0.477 e.